The third kappa shape index (κ3) is 5.49. The first kappa shape index (κ1) is 18.8. The van der Waals surface area contributed by atoms with Gasteiger partial charge in [0.1, 0.15) is 5.01 Å². The van der Waals surface area contributed by atoms with Crippen molar-refractivity contribution in [1.82, 2.24) is 10.3 Å². The SMILES string of the molecule is CC(=O)Nc1ccc(-c2nc(CC(=O)NCc3cccc(C)c3)cs2)cc1. The van der Waals surface area contributed by atoms with Gasteiger partial charge < -0.3 is 10.6 Å². The average molecular weight is 379 g/mol. The molecule has 138 valence electrons. The Morgan fingerprint density at radius 1 is 1.11 bits per heavy atom. The number of thiazole rings is 1. The van der Waals surface area contributed by atoms with Crippen LogP contribution in [0, 0.1) is 6.92 Å². The molecule has 0 bridgehead atoms. The lowest BCUT2D eigenvalue weighted by molar-refractivity contribution is -0.120. The van der Waals surface area contributed by atoms with Crippen LogP contribution in [-0.4, -0.2) is 16.8 Å². The van der Waals surface area contributed by atoms with Crippen molar-refractivity contribution in [3.8, 4) is 10.6 Å². The lowest BCUT2D eigenvalue weighted by Gasteiger charge is -2.05. The maximum Gasteiger partial charge on any atom is 0.226 e. The van der Waals surface area contributed by atoms with Gasteiger partial charge in [0.2, 0.25) is 11.8 Å². The second-order valence-corrected chi connectivity index (χ2v) is 7.20. The summed E-state index contributed by atoms with van der Waals surface area (Å²) in [5.74, 6) is -0.148. The molecule has 0 saturated heterocycles. The van der Waals surface area contributed by atoms with Crippen molar-refractivity contribution in [3.63, 3.8) is 0 Å². The lowest BCUT2D eigenvalue weighted by Crippen LogP contribution is -2.24. The third-order valence-corrected chi connectivity index (χ3v) is 4.86. The molecule has 0 radical (unpaired) electrons. The minimum Gasteiger partial charge on any atom is -0.352 e. The maximum atomic E-state index is 12.2. The molecule has 0 aliphatic carbocycles. The number of carbonyl (C=O) groups excluding carboxylic acids is 2. The predicted molar refractivity (Wildman–Crippen MR) is 109 cm³/mol. The second-order valence-electron chi connectivity index (χ2n) is 6.35. The number of aromatic nitrogens is 1. The summed E-state index contributed by atoms with van der Waals surface area (Å²) in [6.07, 6.45) is 0.256. The van der Waals surface area contributed by atoms with Gasteiger partial charge in [0.15, 0.2) is 0 Å². The van der Waals surface area contributed by atoms with Crippen LogP contribution in [0.25, 0.3) is 10.6 Å². The molecule has 2 amide bonds. The van der Waals surface area contributed by atoms with E-state index in [9.17, 15) is 9.59 Å². The van der Waals surface area contributed by atoms with Gasteiger partial charge in [0.25, 0.3) is 0 Å². The van der Waals surface area contributed by atoms with Crippen LogP contribution in [0.4, 0.5) is 5.69 Å². The van der Waals surface area contributed by atoms with E-state index in [2.05, 4.69) is 21.7 Å². The minimum atomic E-state index is -0.101. The summed E-state index contributed by atoms with van der Waals surface area (Å²) in [5, 5.41) is 8.43. The van der Waals surface area contributed by atoms with Crippen molar-refractivity contribution < 1.29 is 9.59 Å². The Morgan fingerprint density at radius 2 is 1.89 bits per heavy atom. The van der Waals surface area contributed by atoms with Crippen LogP contribution in [0.5, 0.6) is 0 Å². The Labute approximate surface area is 162 Å². The molecule has 2 aromatic carbocycles. The van der Waals surface area contributed by atoms with Gasteiger partial charge in [-0.05, 0) is 36.8 Å². The number of benzene rings is 2. The Bertz CT molecular complexity index is 948. The van der Waals surface area contributed by atoms with Crippen molar-refractivity contribution >= 4 is 28.8 Å². The summed E-state index contributed by atoms with van der Waals surface area (Å²) in [7, 11) is 0. The van der Waals surface area contributed by atoms with Gasteiger partial charge in [-0.25, -0.2) is 4.98 Å². The molecule has 0 fully saturated rings. The smallest absolute Gasteiger partial charge is 0.226 e. The fourth-order valence-electron chi connectivity index (χ4n) is 2.67. The molecule has 3 rings (SSSR count). The number of amides is 2. The molecule has 1 aromatic heterocycles. The van der Waals surface area contributed by atoms with Gasteiger partial charge in [0, 0.05) is 30.1 Å². The molecule has 6 heteroatoms. The molecular formula is C21H21N3O2S. The molecular weight excluding hydrogens is 358 g/mol. The number of nitrogens with one attached hydrogen (secondary N) is 2. The van der Waals surface area contributed by atoms with Crippen LogP contribution in [-0.2, 0) is 22.6 Å². The predicted octanol–water partition coefficient (Wildman–Crippen LogP) is 3.94. The van der Waals surface area contributed by atoms with Gasteiger partial charge in [0.05, 0.1) is 12.1 Å². The number of aryl methyl sites for hydroxylation is 1. The van der Waals surface area contributed by atoms with Crippen LogP contribution in [0.1, 0.15) is 23.7 Å². The maximum absolute atomic E-state index is 12.2. The van der Waals surface area contributed by atoms with Crippen LogP contribution >= 0.6 is 11.3 Å². The third-order valence-electron chi connectivity index (χ3n) is 3.92. The molecule has 5 nitrogen and oxygen atoms in total. The minimum absolute atomic E-state index is 0.0469. The highest BCUT2D eigenvalue weighted by atomic mass is 32.1. The van der Waals surface area contributed by atoms with Gasteiger partial charge in [-0.3, -0.25) is 9.59 Å². The van der Waals surface area contributed by atoms with Crippen LogP contribution < -0.4 is 10.6 Å². The molecule has 0 aliphatic rings. The zero-order valence-corrected chi connectivity index (χ0v) is 16.1. The zero-order valence-electron chi connectivity index (χ0n) is 15.3. The van der Waals surface area contributed by atoms with Gasteiger partial charge >= 0.3 is 0 Å². The summed E-state index contributed by atoms with van der Waals surface area (Å²) in [6.45, 7) is 4.03. The van der Waals surface area contributed by atoms with E-state index in [1.807, 2.05) is 54.8 Å². The van der Waals surface area contributed by atoms with E-state index in [0.29, 0.717) is 6.54 Å². The molecule has 0 unspecified atom stereocenters. The Balaban J connectivity index is 1.57. The van der Waals surface area contributed by atoms with E-state index < -0.39 is 0 Å². The normalized spacial score (nSPS) is 10.4. The highest BCUT2D eigenvalue weighted by molar-refractivity contribution is 7.13. The van der Waals surface area contributed by atoms with Crippen molar-refractivity contribution in [3.05, 3.63) is 70.7 Å². The number of carbonyl (C=O) groups is 2. The number of hydrogen-bond acceptors (Lipinski definition) is 4. The van der Waals surface area contributed by atoms with Crippen molar-refractivity contribution in [2.24, 2.45) is 0 Å². The number of hydrogen-bond donors (Lipinski definition) is 2. The van der Waals surface area contributed by atoms with E-state index in [-0.39, 0.29) is 18.2 Å². The van der Waals surface area contributed by atoms with E-state index in [1.54, 1.807) is 0 Å². The van der Waals surface area contributed by atoms with Crippen LogP contribution in [0.2, 0.25) is 0 Å². The van der Waals surface area contributed by atoms with E-state index in [1.165, 1.54) is 23.8 Å². The number of nitrogens with zero attached hydrogens (tertiary/aromatic N) is 1. The quantitative estimate of drug-likeness (QED) is 0.682. The summed E-state index contributed by atoms with van der Waals surface area (Å²) in [6, 6.07) is 15.6. The first-order chi connectivity index (χ1) is 13.0. The number of rotatable bonds is 6. The molecule has 1 heterocycles. The zero-order chi connectivity index (χ0) is 19.2. The summed E-state index contributed by atoms with van der Waals surface area (Å²) >= 11 is 1.50. The topological polar surface area (TPSA) is 71.1 Å². The van der Waals surface area contributed by atoms with Crippen LogP contribution in [0.3, 0.4) is 0 Å². The first-order valence-corrected chi connectivity index (χ1v) is 9.52. The van der Waals surface area contributed by atoms with Crippen molar-refractivity contribution in [1.29, 1.82) is 0 Å². The first-order valence-electron chi connectivity index (χ1n) is 8.64. The van der Waals surface area contributed by atoms with Gasteiger partial charge in [-0.2, -0.15) is 0 Å². The summed E-state index contributed by atoms with van der Waals surface area (Å²) in [5.41, 5.74) is 4.72. The lowest BCUT2D eigenvalue weighted by atomic mass is 10.1. The molecule has 2 N–H and O–H groups in total. The molecule has 0 saturated carbocycles. The van der Waals surface area contributed by atoms with E-state index in [4.69, 9.17) is 0 Å². The van der Waals surface area contributed by atoms with Crippen molar-refractivity contribution in [2.75, 3.05) is 5.32 Å². The van der Waals surface area contributed by atoms with E-state index in [0.717, 1.165) is 27.5 Å². The summed E-state index contributed by atoms with van der Waals surface area (Å²) < 4.78 is 0. The van der Waals surface area contributed by atoms with E-state index >= 15 is 0 Å². The molecule has 27 heavy (non-hydrogen) atoms. The van der Waals surface area contributed by atoms with Gasteiger partial charge in [-0.1, -0.05) is 29.8 Å². The fourth-order valence-corrected chi connectivity index (χ4v) is 3.50. The Kier molecular flexibility index (Phi) is 5.98. The highest BCUT2D eigenvalue weighted by Gasteiger charge is 2.09. The fraction of sp³-hybridized carbons (Fsp3) is 0.190. The second kappa shape index (κ2) is 8.60. The Hall–Kier alpha value is -2.99. The summed E-state index contributed by atoms with van der Waals surface area (Å²) in [4.78, 5) is 27.8. The molecule has 0 atom stereocenters. The van der Waals surface area contributed by atoms with Crippen molar-refractivity contribution in [2.45, 2.75) is 26.8 Å². The monoisotopic (exact) mass is 379 g/mol. The van der Waals surface area contributed by atoms with Crippen LogP contribution in [0.15, 0.2) is 53.9 Å². The number of anilines is 1. The molecule has 0 spiro atoms. The highest BCUT2D eigenvalue weighted by Crippen LogP contribution is 2.25. The molecule has 3 aromatic rings. The largest absolute Gasteiger partial charge is 0.352 e. The average Bonchev–Trinajstić information content (AvgIpc) is 3.08. The standard InChI is InChI=1S/C21H21N3O2S/c1-14-4-3-5-16(10-14)12-22-20(26)11-19-13-27-21(24-19)17-6-8-18(9-7-17)23-15(2)25/h3-10,13H,11-12H2,1-2H3,(H,22,26)(H,23,25). The van der Waals surface area contributed by atoms with Gasteiger partial charge in [-0.15, -0.1) is 11.3 Å². The Morgan fingerprint density at radius 3 is 2.59 bits per heavy atom. The molecule has 0 aliphatic heterocycles.